The average molecular weight is 457 g/mol. The minimum Gasteiger partial charge on any atom is -0.333 e. The molecule has 1 aliphatic heterocycles. The second-order valence-electron chi connectivity index (χ2n) is 8.93. The van der Waals surface area contributed by atoms with Gasteiger partial charge in [-0.1, -0.05) is 57.2 Å². The van der Waals surface area contributed by atoms with Crippen molar-refractivity contribution in [3.63, 3.8) is 0 Å². The molecule has 0 N–H and O–H groups in total. The molecule has 7 nitrogen and oxygen atoms in total. The summed E-state index contributed by atoms with van der Waals surface area (Å²) in [5, 5.41) is 0. The lowest BCUT2D eigenvalue weighted by atomic mass is 9.86. The molecular weight excluding hydrogens is 428 g/mol. The molecule has 0 spiro atoms. The Kier molecular flexibility index (Phi) is 6.67. The van der Waals surface area contributed by atoms with Crippen molar-refractivity contribution in [3.8, 4) is 0 Å². The summed E-state index contributed by atoms with van der Waals surface area (Å²) in [5.41, 5.74) is 1.77. The molecule has 170 valence electrons. The number of sulfonamides is 1. The van der Waals surface area contributed by atoms with Crippen molar-refractivity contribution >= 4 is 27.5 Å². The number of benzene rings is 2. The number of Topliss-reactive ketones (excluding diaryl/α,β-unsaturated/α-hetero) is 2. The van der Waals surface area contributed by atoms with Gasteiger partial charge in [0.25, 0.3) is 5.91 Å². The molecule has 0 aliphatic carbocycles. The Hall–Kier alpha value is -2.84. The zero-order valence-corrected chi connectivity index (χ0v) is 19.6. The zero-order chi connectivity index (χ0) is 23.7. The van der Waals surface area contributed by atoms with E-state index in [4.69, 9.17) is 0 Å². The number of ketones is 2. The summed E-state index contributed by atoms with van der Waals surface area (Å²) in [6.07, 6.45) is 0. The Morgan fingerprint density at radius 2 is 1.28 bits per heavy atom. The van der Waals surface area contributed by atoms with E-state index in [2.05, 4.69) is 20.8 Å². The topological polar surface area (TPSA) is 91.8 Å². The predicted octanol–water partition coefficient (Wildman–Crippen LogP) is 2.90. The molecule has 2 aromatic rings. The molecule has 0 saturated carbocycles. The fourth-order valence-electron chi connectivity index (χ4n) is 3.53. The summed E-state index contributed by atoms with van der Waals surface area (Å²) in [6.45, 7) is 8.09. The molecule has 1 amide bonds. The molecule has 1 saturated heterocycles. The lowest BCUT2D eigenvalue weighted by Gasteiger charge is -2.33. The highest BCUT2D eigenvalue weighted by Gasteiger charge is 2.32. The largest absolute Gasteiger partial charge is 0.333 e. The highest BCUT2D eigenvalue weighted by Crippen LogP contribution is 2.23. The van der Waals surface area contributed by atoms with Crippen LogP contribution < -0.4 is 0 Å². The van der Waals surface area contributed by atoms with Crippen LogP contribution in [-0.2, 0) is 20.2 Å². The average Bonchev–Trinajstić information content (AvgIpc) is 2.77. The van der Waals surface area contributed by atoms with Crippen LogP contribution in [0.2, 0.25) is 0 Å². The summed E-state index contributed by atoms with van der Waals surface area (Å²) in [7, 11) is -3.75. The van der Waals surface area contributed by atoms with Gasteiger partial charge in [0.2, 0.25) is 15.8 Å². The summed E-state index contributed by atoms with van der Waals surface area (Å²) >= 11 is 0. The van der Waals surface area contributed by atoms with Crippen LogP contribution in [0.4, 0.5) is 0 Å². The molecular formula is C24H28N2O5S. The number of hydrogen-bond donors (Lipinski definition) is 0. The van der Waals surface area contributed by atoms with Crippen molar-refractivity contribution in [2.24, 2.45) is 0 Å². The molecule has 0 aromatic heterocycles. The van der Waals surface area contributed by atoms with Gasteiger partial charge in [0, 0.05) is 37.3 Å². The maximum absolute atomic E-state index is 12.9. The van der Waals surface area contributed by atoms with Gasteiger partial charge in [0.1, 0.15) is 0 Å². The van der Waals surface area contributed by atoms with E-state index >= 15 is 0 Å². The highest BCUT2D eigenvalue weighted by molar-refractivity contribution is 7.89. The Labute approximate surface area is 189 Å². The normalized spacial score (nSPS) is 15.4. The zero-order valence-electron chi connectivity index (χ0n) is 18.8. The number of amides is 1. The van der Waals surface area contributed by atoms with E-state index in [-0.39, 0.29) is 42.3 Å². The third kappa shape index (κ3) is 4.97. The van der Waals surface area contributed by atoms with Crippen molar-refractivity contribution in [1.82, 2.24) is 9.21 Å². The van der Waals surface area contributed by atoms with Crippen LogP contribution in [0.25, 0.3) is 0 Å². The van der Waals surface area contributed by atoms with Gasteiger partial charge in [0.05, 0.1) is 4.90 Å². The highest BCUT2D eigenvalue weighted by atomic mass is 32.2. The van der Waals surface area contributed by atoms with Crippen molar-refractivity contribution in [2.45, 2.75) is 38.0 Å². The van der Waals surface area contributed by atoms with Gasteiger partial charge < -0.3 is 4.90 Å². The number of nitrogens with zero attached hydrogens (tertiary/aromatic N) is 2. The fraction of sp³-hybridized carbons (Fsp3) is 0.375. The van der Waals surface area contributed by atoms with Crippen molar-refractivity contribution in [3.05, 3.63) is 65.2 Å². The van der Waals surface area contributed by atoms with Gasteiger partial charge in [-0.25, -0.2) is 8.42 Å². The number of rotatable bonds is 5. The van der Waals surface area contributed by atoms with Gasteiger partial charge in [0.15, 0.2) is 5.78 Å². The first-order valence-electron chi connectivity index (χ1n) is 10.5. The van der Waals surface area contributed by atoms with Crippen LogP contribution in [0.3, 0.4) is 0 Å². The van der Waals surface area contributed by atoms with Crippen LogP contribution in [0.15, 0.2) is 53.4 Å². The minimum absolute atomic E-state index is 0.0558. The third-order valence-electron chi connectivity index (χ3n) is 5.63. The third-order valence-corrected chi connectivity index (χ3v) is 7.54. The fourth-order valence-corrected chi connectivity index (χ4v) is 4.95. The molecule has 0 bridgehead atoms. The maximum Gasteiger partial charge on any atom is 0.295 e. The molecule has 3 rings (SSSR count). The quantitative estimate of drug-likeness (QED) is 0.510. The lowest BCUT2D eigenvalue weighted by molar-refractivity contribution is -0.127. The molecule has 1 aliphatic rings. The van der Waals surface area contributed by atoms with Crippen molar-refractivity contribution in [1.29, 1.82) is 0 Å². The molecule has 1 fully saturated rings. The Balaban J connectivity index is 1.65. The monoisotopic (exact) mass is 456 g/mol. The van der Waals surface area contributed by atoms with Crippen LogP contribution in [0.1, 0.15) is 54.0 Å². The second kappa shape index (κ2) is 8.96. The standard InChI is InChI=1S/C24H28N2O5S/c1-17(27)18-7-11-21(12-8-18)32(30,31)26-15-13-25(14-16-26)23(29)22(28)19-5-9-20(10-6-19)24(2,3)4/h5-12H,13-16H2,1-4H3. The van der Waals surface area contributed by atoms with Gasteiger partial charge >= 0.3 is 0 Å². The van der Waals surface area contributed by atoms with Crippen molar-refractivity contribution in [2.75, 3.05) is 26.2 Å². The van der Waals surface area contributed by atoms with Gasteiger partial charge in [-0.15, -0.1) is 0 Å². The van der Waals surface area contributed by atoms with Gasteiger partial charge in [-0.2, -0.15) is 4.31 Å². The SMILES string of the molecule is CC(=O)c1ccc(S(=O)(=O)N2CCN(C(=O)C(=O)c3ccc(C(C)(C)C)cc3)CC2)cc1. The van der Waals surface area contributed by atoms with Crippen LogP contribution in [-0.4, -0.2) is 61.3 Å². The van der Waals surface area contributed by atoms with Crippen LogP contribution in [0.5, 0.6) is 0 Å². The Morgan fingerprint density at radius 3 is 1.75 bits per heavy atom. The first kappa shape index (κ1) is 23.8. The maximum atomic E-state index is 12.9. The smallest absolute Gasteiger partial charge is 0.295 e. The van der Waals surface area contributed by atoms with Crippen molar-refractivity contribution < 1.29 is 22.8 Å². The molecule has 1 heterocycles. The number of hydrogen-bond acceptors (Lipinski definition) is 5. The Bertz CT molecular complexity index is 1120. The Morgan fingerprint density at radius 1 is 0.781 bits per heavy atom. The summed E-state index contributed by atoms with van der Waals surface area (Å²) in [4.78, 5) is 38.2. The van der Waals surface area contributed by atoms with E-state index in [0.29, 0.717) is 11.1 Å². The van der Waals surface area contributed by atoms with E-state index in [1.165, 1.54) is 40.4 Å². The molecule has 2 aromatic carbocycles. The molecule has 0 radical (unpaired) electrons. The summed E-state index contributed by atoms with van der Waals surface area (Å²) < 4.78 is 27.1. The van der Waals surface area contributed by atoms with Gasteiger partial charge in [-0.05, 0) is 30.0 Å². The van der Waals surface area contributed by atoms with E-state index in [9.17, 15) is 22.8 Å². The van der Waals surface area contributed by atoms with E-state index in [1.54, 1.807) is 12.1 Å². The summed E-state index contributed by atoms with van der Waals surface area (Å²) in [6, 6.07) is 12.8. The molecule has 0 unspecified atom stereocenters. The number of piperazine rings is 1. The van der Waals surface area contributed by atoms with Gasteiger partial charge in [-0.3, -0.25) is 14.4 Å². The van der Waals surface area contributed by atoms with E-state index < -0.39 is 21.7 Å². The first-order valence-corrected chi connectivity index (χ1v) is 11.9. The molecule has 32 heavy (non-hydrogen) atoms. The molecule has 0 atom stereocenters. The van der Waals surface area contributed by atoms with Crippen LogP contribution in [0, 0.1) is 0 Å². The van der Waals surface area contributed by atoms with Crippen LogP contribution >= 0.6 is 0 Å². The predicted molar refractivity (Wildman–Crippen MR) is 121 cm³/mol. The lowest BCUT2D eigenvalue weighted by Crippen LogP contribution is -2.52. The second-order valence-corrected chi connectivity index (χ2v) is 10.9. The summed E-state index contributed by atoms with van der Waals surface area (Å²) in [5.74, 6) is -1.36. The number of carbonyl (C=O) groups is 3. The minimum atomic E-state index is -3.75. The molecule has 8 heteroatoms. The van der Waals surface area contributed by atoms with E-state index in [0.717, 1.165) is 5.56 Å². The first-order chi connectivity index (χ1) is 14.9. The number of carbonyl (C=O) groups excluding carboxylic acids is 3. The van der Waals surface area contributed by atoms with E-state index in [1.807, 2.05) is 12.1 Å².